The Morgan fingerprint density at radius 2 is 2.39 bits per heavy atom. The molecule has 1 aromatic heterocycles. The third-order valence-corrected chi connectivity index (χ3v) is 4.75. The van der Waals surface area contributed by atoms with E-state index in [0.29, 0.717) is 6.04 Å². The summed E-state index contributed by atoms with van der Waals surface area (Å²) in [5.41, 5.74) is 0. The van der Waals surface area contributed by atoms with Gasteiger partial charge < -0.3 is 5.32 Å². The quantitative estimate of drug-likeness (QED) is 0.849. The Morgan fingerprint density at radius 1 is 1.50 bits per heavy atom. The Labute approximate surface area is 115 Å². The largest absolute Gasteiger partial charge is 0.316 e. The topological polar surface area (TPSA) is 15.3 Å². The molecule has 1 unspecified atom stereocenters. The van der Waals surface area contributed by atoms with E-state index in [4.69, 9.17) is 0 Å². The van der Waals surface area contributed by atoms with Crippen molar-refractivity contribution >= 4 is 11.3 Å². The Kier molecular flexibility index (Phi) is 5.67. The highest BCUT2D eigenvalue weighted by Gasteiger charge is 2.16. The summed E-state index contributed by atoms with van der Waals surface area (Å²) >= 11 is 1.88. The summed E-state index contributed by atoms with van der Waals surface area (Å²) in [6.07, 6.45) is 4.12. The molecule has 2 rings (SSSR count). The van der Waals surface area contributed by atoms with Crippen LogP contribution in [0.3, 0.4) is 0 Å². The average molecular weight is 266 g/mol. The van der Waals surface area contributed by atoms with Gasteiger partial charge in [0, 0.05) is 17.5 Å². The first-order valence-electron chi connectivity index (χ1n) is 7.23. The third kappa shape index (κ3) is 4.38. The van der Waals surface area contributed by atoms with Crippen LogP contribution in [-0.4, -0.2) is 30.6 Å². The van der Waals surface area contributed by atoms with Crippen LogP contribution in [0.15, 0.2) is 17.5 Å². The Hall–Kier alpha value is -0.380. The van der Waals surface area contributed by atoms with Gasteiger partial charge in [0.05, 0.1) is 0 Å². The van der Waals surface area contributed by atoms with E-state index in [2.05, 4.69) is 41.6 Å². The molecule has 2 nitrogen and oxygen atoms in total. The molecular weight excluding hydrogens is 240 g/mol. The van der Waals surface area contributed by atoms with Gasteiger partial charge in [-0.05, 0) is 70.1 Å². The van der Waals surface area contributed by atoms with Crippen LogP contribution in [0.25, 0.3) is 0 Å². The van der Waals surface area contributed by atoms with Gasteiger partial charge in [0.2, 0.25) is 0 Å². The van der Waals surface area contributed by atoms with Gasteiger partial charge >= 0.3 is 0 Å². The van der Waals surface area contributed by atoms with Gasteiger partial charge in [0.1, 0.15) is 0 Å². The molecule has 1 atom stereocenters. The summed E-state index contributed by atoms with van der Waals surface area (Å²) < 4.78 is 0. The molecule has 0 aromatic carbocycles. The van der Waals surface area contributed by atoms with Crippen LogP contribution < -0.4 is 5.32 Å². The first kappa shape index (κ1) is 14.0. The predicted molar refractivity (Wildman–Crippen MR) is 80.1 cm³/mol. The lowest BCUT2D eigenvalue weighted by molar-refractivity contribution is 0.190. The Balaban J connectivity index is 1.78. The second-order valence-electron chi connectivity index (χ2n) is 5.64. The molecule has 1 fully saturated rings. The van der Waals surface area contributed by atoms with Gasteiger partial charge in [-0.25, -0.2) is 0 Å². The first-order chi connectivity index (χ1) is 8.75. The summed E-state index contributed by atoms with van der Waals surface area (Å²) in [6.45, 7) is 9.43. The number of rotatable bonds is 6. The maximum Gasteiger partial charge on any atom is 0.0330 e. The lowest BCUT2D eigenvalue weighted by Gasteiger charge is -2.29. The fraction of sp³-hybridized carbons (Fsp3) is 0.733. The molecule has 0 bridgehead atoms. The minimum absolute atomic E-state index is 0.642. The third-order valence-electron chi connectivity index (χ3n) is 3.89. The van der Waals surface area contributed by atoms with Crippen LogP contribution >= 0.6 is 11.3 Å². The van der Waals surface area contributed by atoms with Gasteiger partial charge in [-0.2, -0.15) is 0 Å². The Morgan fingerprint density at radius 3 is 3.00 bits per heavy atom. The van der Waals surface area contributed by atoms with Crippen molar-refractivity contribution in [3.63, 3.8) is 0 Å². The molecule has 102 valence electrons. The van der Waals surface area contributed by atoms with E-state index in [1.165, 1.54) is 43.8 Å². The maximum absolute atomic E-state index is 3.52. The summed E-state index contributed by atoms with van der Waals surface area (Å²) in [5, 5.41) is 5.70. The number of hydrogen-bond acceptors (Lipinski definition) is 3. The van der Waals surface area contributed by atoms with Crippen LogP contribution in [0.5, 0.6) is 0 Å². The molecule has 0 aliphatic carbocycles. The lowest BCUT2D eigenvalue weighted by Crippen LogP contribution is -2.35. The molecule has 18 heavy (non-hydrogen) atoms. The van der Waals surface area contributed by atoms with Crippen LogP contribution in [0.2, 0.25) is 0 Å². The number of hydrogen-bond donors (Lipinski definition) is 1. The van der Waals surface area contributed by atoms with Crippen molar-refractivity contribution in [3.05, 3.63) is 22.4 Å². The molecule has 3 heteroatoms. The summed E-state index contributed by atoms with van der Waals surface area (Å²) in [7, 11) is 0. The normalized spacial score (nSPS) is 20.8. The van der Waals surface area contributed by atoms with Crippen molar-refractivity contribution in [2.24, 2.45) is 5.92 Å². The number of nitrogens with zero attached hydrogens (tertiary/aromatic N) is 1. The van der Waals surface area contributed by atoms with Crippen molar-refractivity contribution in [3.8, 4) is 0 Å². The highest BCUT2D eigenvalue weighted by Crippen LogP contribution is 2.18. The van der Waals surface area contributed by atoms with E-state index in [1.807, 2.05) is 11.3 Å². The van der Waals surface area contributed by atoms with Gasteiger partial charge in [-0.1, -0.05) is 6.07 Å². The molecule has 1 aliphatic rings. The van der Waals surface area contributed by atoms with E-state index in [1.54, 1.807) is 0 Å². The number of nitrogens with one attached hydrogen (secondary N) is 1. The molecule has 0 spiro atoms. The highest BCUT2D eigenvalue weighted by atomic mass is 32.1. The molecule has 0 amide bonds. The van der Waals surface area contributed by atoms with Crippen molar-refractivity contribution in [1.82, 2.24) is 10.2 Å². The maximum atomic E-state index is 3.52. The first-order valence-corrected chi connectivity index (χ1v) is 8.11. The van der Waals surface area contributed by atoms with E-state index >= 15 is 0 Å². The van der Waals surface area contributed by atoms with Gasteiger partial charge in [0.15, 0.2) is 0 Å². The zero-order valence-electron chi connectivity index (χ0n) is 11.7. The van der Waals surface area contributed by atoms with E-state index < -0.39 is 0 Å². The monoisotopic (exact) mass is 266 g/mol. The van der Waals surface area contributed by atoms with Crippen molar-refractivity contribution in [2.75, 3.05) is 19.6 Å². The van der Waals surface area contributed by atoms with E-state index in [9.17, 15) is 0 Å². The smallest absolute Gasteiger partial charge is 0.0330 e. The number of thiophene rings is 1. The highest BCUT2D eigenvalue weighted by molar-refractivity contribution is 7.09. The second-order valence-corrected chi connectivity index (χ2v) is 6.68. The minimum Gasteiger partial charge on any atom is -0.316 e. The summed E-state index contributed by atoms with van der Waals surface area (Å²) in [6, 6.07) is 5.05. The van der Waals surface area contributed by atoms with Crippen LogP contribution in [-0.2, 0) is 6.54 Å². The SMILES string of the molecule is CC(C)N(CCC1CCCNC1)Cc1cccs1. The molecule has 2 heterocycles. The molecule has 1 saturated heterocycles. The molecular formula is C15H26N2S. The van der Waals surface area contributed by atoms with Crippen molar-refractivity contribution in [1.29, 1.82) is 0 Å². The summed E-state index contributed by atoms with van der Waals surface area (Å²) in [5.74, 6) is 0.892. The molecule has 1 N–H and O–H groups in total. The zero-order chi connectivity index (χ0) is 12.8. The zero-order valence-corrected chi connectivity index (χ0v) is 12.5. The van der Waals surface area contributed by atoms with Crippen LogP contribution in [0, 0.1) is 5.92 Å². The van der Waals surface area contributed by atoms with Crippen molar-refractivity contribution in [2.45, 2.75) is 45.7 Å². The minimum atomic E-state index is 0.642. The average Bonchev–Trinajstić information content (AvgIpc) is 2.88. The molecule has 1 aliphatic heterocycles. The van der Waals surface area contributed by atoms with Gasteiger partial charge in [-0.15, -0.1) is 11.3 Å². The summed E-state index contributed by atoms with van der Waals surface area (Å²) in [4.78, 5) is 4.10. The van der Waals surface area contributed by atoms with Crippen molar-refractivity contribution < 1.29 is 0 Å². The molecule has 0 saturated carbocycles. The lowest BCUT2D eigenvalue weighted by atomic mass is 9.96. The number of piperidine rings is 1. The Bertz CT molecular complexity index is 315. The standard InChI is InChI=1S/C15H26N2S/c1-13(2)17(12-15-6-4-10-18-15)9-7-14-5-3-8-16-11-14/h4,6,10,13-14,16H,3,5,7-9,11-12H2,1-2H3. The molecule has 0 radical (unpaired) electrons. The fourth-order valence-corrected chi connectivity index (χ4v) is 3.37. The van der Waals surface area contributed by atoms with Gasteiger partial charge in [-0.3, -0.25) is 4.90 Å². The molecule has 1 aromatic rings. The second kappa shape index (κ2) is 7.27. The van der Waals surface area contributed by atoms with E-state index in [0.717, 1.165) is 12.5 Å². The predicted octanol–water partition coefficient (Wildman–Crippen LogP) is 3.35. The fourth-order valence-electron chi connectivity index (χ4n) is 2.64. The van der Waals surface area contributed by atoms with Gasteiger partial charge in [0.25, 0.3) is 0 Å². The van der Waals surface area contributed by atoms with E-state index in [-0.39, 0.29) is 0 Å². The van der Waals surface area contributed by atoms with Crippen LogP contribution in [0.1, 0.15) is 38.0 Å². The van der Waals surface area contributed by atoms with Crippen LogP contribution in [0.4, 0.5) is 0 Å².